The predicted molar refractivity (Wildman–Crippen MR) is 162 cm³/mol. The number of methoxy groups -OCH3 is 1. The molecular formula is C31H38FN7O4. The van der Waals surface area contributed by atoms with E-state index in [4.69, 9.17) is 9.47 Å². The van der Waals surface area contributed by atoms with Crippen molar-refractivity contribution in [2.24, 2.45) is 14.1 Å². The lowest BCUT2D eigenvalue weighted by molar-refractivity contribution is 0.0114. The first-order valence-corrected chi connectivity index (χ1v) is 14.7. The Labute approximate surface area is 249 Å². The van der Waals surface area contributed by atoms with Crippen molar-refractivity contribution in [2.75, 3.05) is 30.4 Å². The van der Waals surface area contributed by atoms with Crippen molar-refractivity contribution in [3.05, 3.63) is 42.0 Å². The monoisotopic (exact) mass is 591 g/mol. The molecule has 12 heteroatoms. The zero-order valence-electron chi connectivity index (χ0n) is 25.5. The lowest BCUT2D eigenvalue weighted by atomic mass is 10.0. The molecule has 2 amide bonds. The fourth-order valence-electron chi connectivity index (χ4n) is 6.00. The van der Waals surface area contributed by atoms with E-state index < -0.39 is 17.3 Å². The Hall–Kier alpha value is -4.35. The minimum Gasteiger partial charge on any atom is -0.494 e. The number of hydrogen-bond donors (Lipinski definition) is 1. The number of carbonyl (C=O) groups excluding carboxylic acids is 2. The normalized spacial score (nSPS) is 16.1. The Morgan fingerprint density at radius 3 is 2.33 bits per heavy atom. The number of aromatic nitrogens is 4. The Morgan fingerprint density at radius 1 is 1.00 bits per heavy atom. The van der Waals surface area contributed by atoms with Crippen LogP contribution >= 0.6 is 0 Å². The van der Waals surface area contributed by atoms with Crippen molar-refractivity contribution in [1.29, 1.82) is 0 Å². The molecule has 2 fully saturated rings. The summed E-state index contributed by atoms with van der Waals surface area (Å²) in [5, 5.41) is 13.2. The van der Waals surface area contributed by atoms with E-state index in [0.717, 1.165) is 36.6 Å². The molecule has 43 heavy (non-hydrogen) atoms. The van der Waals surface area contributed by atoms with Crippen LogP contribution in [-0.4, -0.2) is 74.3 Å². The Morgan fingerprint density at radius 2 is 1.67 bits per heavy atom. The molecular weight excluding hydrogens is 553 g/mol. The average Bonchev–Trinajstić information content (AvgIpc) is 3.57. The number of nitrogens with one attached hydrogen (secondary N) is 1. The molecule has 1 aliphatic carbocycles. The molecule has 0 radical (unpaired) electrons. The van der Waals surface area contributed by atoms with Crippen molar-refractivity contribution in [1.82, 2.24) is 24.5 Å². The third kappa shape index (κ3) is 5.70. The number of amides is 2. The number of rotatable bonds is 6. The first kappa shape index (κ1) is 28.8. The largest absolute Gasteiger partial charge is 0.494 e. The summed E-state index contributed by atoms with van der Waals surface area (Å²) in [5.41, 5.74) is 1.40. The fraction of sp³-hybridized carbons (Fsp3) is 0.484. The molecule has 228 valence electrons. The number of piperidine rings is 1. The van der Waals surface area contributed by atoms with E-state index in [-0.39, 0.29) is 29.3 Å². The van der Waals surface area contributed by atoms with E-state index in [9.17, 15) is 9.59 Å². The van der Waals surface area contributed by atoms with Crippen LogP contribution in [0.15, 0.2) is 30.6 Å². The summed E-state index contributed by atoms with van der Waals surface area (Å²) in [4.78, 5) is 30.6. The number of nitrogens with zero attached hydrogens (tertiary/aromatic N) is 6. The standard InChI is InChI=1S/C31H38FN7O4/c1-31(2,3)43-30(41)39(19-7-8-19)20-9-11-38(12-10-20)25-14-22(32)27(28-21(25)17-37(5)35-28)29(40)33-24-13-18-16-36(4)34-23(18)15-26(24)42-6/h13-17,19-20H,7-12H2,1-6H3,(H,33,40). The molecule has 2 aliphatic rings. The van der Waals surface area contributed by atoms with Gasteiger partial charge in [0, 0.05) is 68.5 Å². The van der Waals surface area contributed by atoms with Crippen molar-refractivity contribution in [3.63, 3.8) is 0 Å². The predicted octanol–water partition coefficient (Wildman–Crippen LogP) is 5.23. The Balaban J connectivity index is 1.25. The molecule has 4 aromatic rings. The molecule has 0 spiro atoms. The minimum absolute atomic E-state index is 0.0602. The van der Waals surface area contributed by atoms with Crippen LogP contribution in [0.5, 0.6) is 5.75 Å². The summed E-state index contributed by atoms with van der Waals surface area (Å²) in [6, 6.07) is 5.20. The highest BCUT2D eigenvalue weighted by atomic mass is 19.1. The summed E-state index contributed by atoms with van der Waals surface area (Å²) in [6.07, 6.45) is 6.84. The van der Waals surface area contributed by atoms with Gasteiger partial charge in [0.15, 0.2) is 0 Å². The van der Waals surface area contributed by atoms with Crippen LogP contribution in [-0.2, 0) is 18.8 Å². The first-order chi connectivity index (χ1) is 20.4. The second-order valence-electron chi connectivity index (χ2n) is 12.5. The lowest BCUT2D eigenvalue weighted by Gasteiger charge is -2.40. The quantitative estimate of drug-likeness (QED) is 0.327. The van der Waals surface area contributed by atoms with Gasteiger partial charge in [-0.05, 0) is 58.6 Å². The number of ether oxygens (including phenoxy) is 2. The number of benzene rings is 2. The van der Waals surface area contributed by atoms with E-state index in [1.807, 2.05) is 45.1 Å². The molecule has 1 N–H and O–H groups in total. The van der Waals surface area contributed by atoms with Crippen LogP contribution in [0.3, 0.4) is 0 Å². The summed E-state index contributed by atoms with van der Waals surface area (Å²) in [6.45, 7) is 6.91. The SMILES string of the molecule is COc1cc2nn(C)cc2cc1NC(=O)c1c(F)cc(N2CCC(N(C(=O)OC(C)(C)C)C3CC3)CC2)c2cn(C)nc12. The maximum absolute atomic E-state index is 15.9. The van der Waals surface area contributed by atoms with Gasteiger partial charge in [0.1, 0.15) is 28.2 Å². The van der Waals surface area contributed by atoms with E-state index in [1.54, 1.807) is 28.5 Å². The van der Waals surface area contributed by atoms with Crippen LogP contribution in [0, 0.1) is 5.82 Å². The molecule has 1 saturated carbocycles. The van der Waals surface area contributed by atoms with Crippen LogP contribution in [0.25, 0.3) is 21.8 Å². The van der Waals surface area contributed by atoms with E-state index in [0.29, 0.717) is 35.6 Å². The molecule has 0 unspecified atom stereocenters. The van der Waals surface area contributed by atoms with Gasteiger partial charge in [0.2, 0.25) is 0 Å². The highest BCUT2D eigenvalue weighted by Gasteiger charge is 2.41. The molecule has 11 nitrogen and oxygen atoms in total. The van der Waals surface area contributed by atoms with Gasteiger partial charge in [-0.3, -0.25) is 14.2 Å². The summed E-state index contributed by atoms with van der Waals surface area (Å²) < 4.78 is 30.3. The Kier molecular flexibility index (Phi) is 7.18. The van der Waals surface area contributed by atoms with E-state index in [2.05, 4.69) is 20.4 Å². The third-order valence-corrected chi connectivity index (χ3v) is 8.00. The number of aryl methyl sites for hydroxylation is 2. The smallest absolute Gasteiger partial charge is 0.410 e. The second kappa shape index (κ2) is 10.7. The van der Waals surface area contributed by atoms with Gasteiger partial charge in [-0.25, -0.2) is 9.18 Å². The molecule has 1 aliphatic heterocycles. The topological polar surface area (TPSA) is 107 Å². The van der Waals surface area contributed by atoms with Gasteiger partial charge in [-0.15, -0.1) is 0 Å². The Bertz CT molecular complexity index is 1710. The molecule has 3 heterocycles. The molecule has 2 aromatic carbocycles. The van der Waals surface area contributed by atoms with Crippen LogP contribution in [0.1, 0.15) is 56.8 Å². The van der Waals surface area contributed by atoms with Gasteiger partial charge >= 0.3 is 6.09 Å². The highest BCUT2D eigenvalue weighted by molar-refractivity contribution is 6.15. The second-order valence-corrected chi connectivity index (χ2v) is 12.5. The number of fused-ring (bicyclic) bond motifs is 2. The van der Waals surface area contributed by atoms with Crippen molar-refractivity contribution < 1.29 is 23.5 Å². The number of hydrogen-bond acceptors (Lipinski definition) is 7. The van der Waals surface area contributed by atoms with Gasteiger partial charge in [0.05, 0.1) is 24.0 Å². The summed E-state index contributed by atoms with van der Waals surface area (Å²) >= 11 is 0. The number of anilines is 2. The van der Waals surface area contributed by atoms with E-state index in [1.165, 1.54) is 13.2 Å². The van der Waals surface area contributed by atoms with Gasteiger partial charge < -0.3 is 24.6 Å². The molecule has 2 aromatic heterocycles. The number of carbonyl (C=O) groups is 2. The third-order valence-electron chi connectivity index (χ3n) is 8.00. The zero-order chi connectivity index (χ0) is 30.6. The molecule has 1 saturated heterocycles. The van der Waals surface area contributed by atoms with Gasteiger partial charge in [0.25, 0.3) is 5.91 Å². The zero-order valence-corrected chi connectivity index (χ0v) is 25.5. The lowest BCUT2D eigenvalue weighted by Crippen LogP contribution is -2.50. The summed E-state index contributed by atoms with van der Waals surface area (Å²) in [5.74, 6) is -0.857. The molecule has 6 rings (SSSR count). The van der Waals surface area contributed by atoms with Crippen LogP contribution in [0.4, 0.5) is 20.6 Å². The van der Waals surface area contributed by atoms with Crippen molar-refractivity contribution in [2.45, 2.75) is 64.1 Å². The molecule has 0 bridgehead atoms. The highest BCUT2D eigenvalue weighted by Crippen LogP contribution is 2.37. The van der Waals surface area contributed by atoms with Crippen molar-refractivity contribution >= 4 is 45.2 Å². The van der Waals surface area contributed by atoms with Gasteiger partial charge in [-0.1, -0.05) is 0 Å². The minimum atomic E-state index is -0.657. The maximum atomic E-state index is 15.9. The fourth-order valence-corrected chi connectivity index (χ4v) is 6.00. The molecule has 0 atom stereocenters. The van der Waals surface area contributed by atoms with E-state index >= 15 is 4.39 Å². The number of halogens is 1. The van der Waals surface area contributed by atoms with Crippen LogP contribution in [0.2, 0.25) is 0 Å². The average molecular weight is 592 g/mol. The van der Waals surface area contributed by atoms with Crippen molar-refractivity contribution in [3.8, 4) is 5.75 Å². The maximum Gasteiger partial charge on any atom is 0.410 e. The summed E-state index contributed by atoms with van der Waals surface area (Å²) in [7, 11) is 5.07. The first-order valence-electron chi connectivity index (χ1n) is 14.7. The van der Waals surface area contributed by atoms with Gasteiger partial charge in [-0.2, -0.15) is 10.2 Å². The van der Waals surface area contributed by atoms with Crippen LogP contribution < -0.4 is 15.0 Å².